The molecule has 1 aliphatic rings. The van der Waals surface area contributed by atoms with Gasteiger partial charge in [0.05, 0.1) is 16.8 Å². The molecule has 8 heteroatoms. The number of hydrogen-bond acceptors (Lipinski definition) is 3. The van der Waals surface area contributed by atoms with Gasteiger partial charge in [-0.15, -0.1) is 0 Å². The molecule has 1 heterocycles. The first kappa shape index (κ1) is 19.6. The predicted molar refractivity (Wildman–Crippen MR) is 97.1 cm³/mol. The van der Waals surface area contributed by atoms with Crippen LogP contribution in [0.5, 0.6) is 0 Å². The summed E-state index contributed by atoms with van der Waals surface area (Å²) in [6.07, 6.45) is -4.36. The maximum atomic E-state index is 12.9. The molecule has 3 rings (SSSR count). The Morgan fingerprint density at radius 2 is 1.86 bits per heavy atom. The SMILES string of the molecule is CCC(C(=O)Nc1cccc(C(F)(F)F)c1)N1C(=O)C(=O)c2cc(C)ccc21. The summed E-state index contributed by atoms with van der Waals surface area (Å²) < 4.78 is 38.6. The number of hydrogen-bond donors (Lipinski definition) is 1. The lowest BCUT2D eigenvalue weighted by Gasteiger charge is -2.26. The summed E-state index contributed by atoms with van der Waals surface area (Å²) in [5.74, 6) is -2.20. The zero-order valence-corrected chi connectivity index (χ0v) is 15.1. The predicted octanol–water partition coefficient (Wildman–Crippen LogP) is 3.96. The molecule has 0 aromatic heterocycles. The number of nitrogens with one attached hydrogen (secondary N) is 1. The van der Waals surface area contributed by atoms with Crippen LogP contribution < -0.4 is 10.2 Å². The average Bonchev–Trinajstić information content (AvgIpc) is 2.87. The summed E-state index contributed by atoms with van der Waals surface area (Å²) in [6, 6.07) is 8.08. The normalized spacial score (nSPS) is 14.8. The number of rotatable bonds is 4. The zero-order valence-electron chi connectivity index (χ0n) is 15.1. The van der Waals surface area contributed by atoms with Crippen molar-refractivity contribution >= 4 is 29.0 Å². The van der Waals surface area contributed by atoms with Crippen molar-refractivity contribution in [3.63, 3.8) is 0 Å². The van der Waals surface area contributed by atoms with Crippen molar-refractivity contribution in [2.45, 2.75) is 32.5 Å². The molecule has 0 saturated carbocycles. The smallest absolute Gasteiger partial charge is 0.324 e. The molecule has 2 aromatic rings. The van der Waals surface area contributed by atoms with Crippen molar-refractivity contribution in [3.8, 4) is 0 Å². The summed E-state index contributed by atoms with van der Waals surface area (Å²) in [6.45, 7) is 3.43. The number of carbonyl (C=O) groups excluding carboxylic acids is 3. The average molecular weight is 390 g/mol. The number of benzene rings is 2. The lowest BCUT2D eigenvalue weighted by molar-refractivity contribution is -0.137. The number of fused-ring (bicyclic) bond motifs is 1. The largest absolute Gasteiger partial charge is 0.416 e. The van der Waals surface area contributed by atoms with Crippen molar-refractivity contribution < 1.29 is 27.6 Å². The second kappa shape index (κ2) is 7.10. The highest BCUT2D eigenvalue weighted by Crippen LogP contribution is 2.33. The summed E-state index contributed by atoms with van der Waals surface area (Å²) in [4.78, 5) is 38.6. The molecule has 1 unspecified atom stereocenters. The van der Waals surface area contributed by atoms with Gasteiger partial charge in [-0.25, -0.2) is 0 Å². The van der Waals surface area contributed by atoms with Crippen molar-refractivity contribution in [1.29, 1.82) is 0 Å². The third-order valence-corrected chi connectivity index (χ3v) is 4.53. The van der Waals surface area contributed by atoms with Crippen LogP contribution in [0.2, 0.25) is 0 Å². The van der Waals surface area contributed by atoms with Gasteiger partial charge in [0.2, 0.25) is 5.91 Å². The Kier molecular flexibility index (Phi) is 4.97. The van der Waals surface area contributed by atoms with Crippen LogP contribution in [0.25, 0.3) is 0 Å². The molecule has 146 valence electrons. The van der Waals surface area contributed by atoms with Crippen LogP contribution in [-0.4, -0.2) is 23.6 Å². The third kappa shape index (κ3) is 3.49. The zero-order chi connectivity index (χ0) is 20.6. The molecule has 0 saturated heterocycles. The monoisotopic (exact) mass is 390 g/mol. The van der Waals surface area contributed by atoms with E-state index in [4.69, 9.17) is 0 Å². The molecule has 0 radical (unpaired) electrons. The lowest BCUT2D eigenvalue weighted by atomic mass is 10.1. The number of Topliss-reactive ketones (excluding diaryl/α,β-unsaturated/α-hetero) is 1. The Morgan fingerprint density at radius 3 is 2.50 bits per heavy atom. The van der Waals surface area contributed by atoms with E-state index >= 15 is 0 Å². The number of nitrogens with zero attached hydrogens (tertiary/aromatic N) is 1. The molecular formula is C20H17F3N2O3. The van der Waals surface area contributed by atoms with Gasteiger partial charge in [-0.3, -0.25) is 19.3 Å². The van der Waals surface area contributed by atoms with Crippen molar-refractivity contribution in [3.05, 3.63) is 59.2 Å². The summed E-state index contributed by atoms with van der Waals surface area (Å²) >= 11 is 0. The van der Waals surface area contributed by atoms with E-state index in [1.54, 1.807) is 32.0 Å². The van der Waals surface area contributed by atoms with Gasteiger partial charge in [-0.05, 0) is 43.7 Å². The van der Waals surface area contributed by atoms with E-state index in [0.29, 0.717) is 5.69 Å². The van der Waals surface area contributed by atoms with Crippen molar-refractivity contribution in [2.75, 3.05) is 10.2 Å². The summed E-state index contributed by atoms with van der Waals surface area (Å²) in [5.41, 5.74) is 0.400. The fraction of sp³-hybridized carbons (Fsp3) is 0.250. The number of halogens is 3. The van der Waals surface area contributed by atoms with Crippen molar-refractivity contribution in [1.82, 2.24) is 0 Å². The second-order valence-corrected chi connectivity index (χ2v) is 6.52. The number of alkyl halides is 3. The molecule has 1 N–H and O–H groups in total. The van der Waals surface area contributed by atoms with Crippen LogP contribution in [0, 0.1) is 6.92 Å². The molecule has 2 amide bonds. The summed E-state index contributed by atoms with van der Waals surface area (Å²) in [5, 5.41) is 2.42. The third-order valence-electron chi connectivity index (χ3n) is 4.53. The van der Waals surface area contributed by atoms with Gasteiger partial charge < -0.3 is 5.32 Å². The molecular weight excluding hydrogens is 373 g/mol. The van der Waals surface area contributed by atoms with Gasteiger partial charge >= 0.3 is 6.18 Å². The first-order valence-corrected chi connectivity index (χ1v) is 8.60. The second-order valence-electron chi connectivity index (χ2n) is 6.52. The van der Waals surface area contributed by atoms with E-state index in [1.165, 1.54) is 12.1 Å². The molecule has 5 nitrogen and oxygen atoms in total. The van der Waals surface area contributed by atoms with E-state index < -0.39 is 35.4 Å². The Labute approximate surface area is 159 Å². The van der Waals surface area contributed by atoms with Crippen LogP contribution in [0.3, 0.4) is 0 Å². The van der Waals surface area contributed by atoms with Crippen LogP contribution >= 0.6 is 0 Å². The van der Waals surface area contributed by atoms with Crippen LogP contribution in [0.1, 0.15) is 34.8 Å². The maximum Gasteiger partial charge on any atom is 0.416 e. The van der Waals surface area contributed by atoms with Crippen LogP contribution in [0.15, 0.2) is 42.5 Å². The molecule has 0 aliphatic carbocycles. The molecule has 0 bridgehead atoms. The Morgan fingerprint density at radius 1 is 1.14 bits per heavy atom. The number of aryl methyl sites for hydroxylation is 1. The Bertz CT molecular complexity index is 969. The minimum Gasteiger partial charge on any atom is -0.324 e. The van der Waals surface area contributed by atoms with Gasteiger partial charge in [0, 0.05) is 5.69 Å². The number of amides is 2. The Balaban J connectivity index is 1.89. The van der Waals surface area contributed by atoms with Gasteiger partial charge in [0.15, 0.2) is 0 Å². The summed E-state index contributed by atoms with van der Waals surface area (Å²) in [7, 11) is 0. The van der Waals surface area contributed by atoms with Gasteiger partial charge in [-0.2, -0.15) is 13.2 Å². The molecule has 2 aromatic carbocycles. The molecule has 1 atom stereocenters. The van der Waals surface area contributed by atoms with E-state index in [2.05, 4.69) is 5.32 Å². The van der Waals surface area contributed by atoms with Crippen LogP contribution in [0.4, 0.5) is 24.5 Å². The minimum absolute atomic E-state index is 0.0413. The standard InChI is InChI=1S/C20H17F3N2O3/c1-3-15(18(27)24-13-6-4-5-12(10-13)20(21,22)23)25-16-8-7-11(2)9-14(16)17(26)19(25)28/h4-10,15H,3H2,1-2H3,(H,24,27). The van der Waals surface area contributed by atoms with Gasteiger partial charge in [-0.1, -0.05) is 24.6 Å². The van der Waals surface area contributed by atoms with Gasteiger partial charge in [0.1, 0.15) is 6.04 Å². The topological polar surface area (TPSA) is 66.5 Å². The van der Waals surface area contributed by atoms with Crippen molar-refractivity contribution in [2.24, 2.45) is 0 Å². The Hall–Kier alpha value is -3.16. The van der Waals surface area contributed by atoms with Gasteiger partial charge in [0.25, 0.3) is 11.7 Å². The highest BCUT2D eigenvalue weighted by molar-refractivity contribution is 6.53. The first-order valence-electron chi connectivity index (χ1n) is 8.60. The first-order chi connectivity index (χ1) is 13.1. The lowest BCUT2D eigenvalue weighted by Crippen LogP contribution is -2.46. The minimum atomic E-state index is -4.54. The van der Waals surface area contributed by atoms with E-state index in [-0.39, 0.29) is 17.7 Å². The molecule has 1 aliphatic heterocycles. The fourth-order valence-electron chi connectivity index (χ4n) is 3.17. The van der Waals surface area contributed by atoms with E-state index in [1.807, 2.05) is 0 Å². The highest BCUT2D eigenvalue weighted by Gasteiger charge is 2.42. The number of carbonyl (C=O) groups is 3. The fourth-order valence-corrected chi connectivity index (χ4v) is 3.17. The highest BCUT2D eigenvalue weighted by atomic mass is 19.4. The van der Waals surface area contributed by atoms with E-state index in [0.717, 1.165) is 22.6 Å². The van der Waals surface area contributed by atoms with Crippen LogP contribution in [-0.2, 0) is 15.8 Å². The number of anilines is 2. The van der Waals surface area contributed by atoms with E-state index in [9.17, 15) is 27.6 Å². The molecule has 28 heavy (non-hydrogen) atoms. The quantitative estimate of drug-likeness (QED) is 0.804. The molecule has 0 fully saturated rings. The molecule has 0 spiro atoms. The maximum absolute atomic E-state index is 12.9. The number of ketones is 1.